The van der Waals surface area contributed by atoms with Crippen LogP contribution in [0.15, 0.2) is 24.3 Å². The van der Waals surface area contributed by atoms with Gasteiger partial charge in [-0.3, -0.25) is 0 Å². The van der Waals surface area contributed by atoms with Crippen LogP contribution in [-0.4, -0.2) is 17.3 Å². The first-order valence-electron chi connectivity index (χ1n) is 6.90. The van der Waals surface area contributed by atoms with E-state index in [0.717, 1.165) is 37.3 Å². The Balaban J connectivity index is 1.91. The van der Waals surface area contributed by atoms with Gasteiger partial charge in [0.05, 0.1) is 5.60 Å². The number of hydrogen-bond donors (Lipinski definition) is 2. The zero-order chi connectivity index (χ0) is 12.6. The van der Waals surface area contributed by atoms with Gasteiger partial charge in [-0.05, 0) is 43.5 Å². The SMILES string of the molecule is OC12CCCCC1C(c1cccc(Cl)c1)NCC2. The van der Waals surface area contributed by atoms with Crippen molar-refractivity contribution in [3.8, 4) is 0 Å². The summed E-state index contributed by atoms with van der Waals surface area (Å²) < 4.78 is 0. The van der Waals surface area contributed by atoms with Crippen LogP contribution in [0.2, 0.25) is 5.02 Å². The number of nitrogens with one attached hydrogen (secondary N) is 1. The molecule has 2 aliphatic rings. The van der Waals surface area contributed by atoms with Gasteiger partial charge in [0, 0.05) is 17.0 Å². The molecule has 0 amide bonds. The highest BCUT2D eigenvalue weighted by atomic mass is 35.5. The third-order valence-electron chi connectivity index (χ3n) is 4.60. The molecule has 1 heterocycles. The van der Waals surface area contributed by atoms with Crippen molar-refractivity contribution < 1.29 is 5.11 Å². The van der Waals surface area contributed by atoms with Crippen molar-refractivity contribution in [3.63, 3.8) is 0 Å². The van der Waals surface area contributed by atoms with Crippen LogP contribution in [0.1, 0.15) is 43.7 Å². The van der Waals surface area contributed by atoms with Crippen LogP contribution in [0, 0.1) is 5.92 Å². The minimum absolute atomic E-state index is 0.253. The van der Waals surface area contributed by atoms with Gasteiger partial charge >= 0.3 is 0 Å². The van der Waals surface area contributed by atoms with Gasteiger partial charge in [-0.2, -0.15) is 0 Å². The second kappa shape index (κ2) is 4.84. The number of aliphatic hydroxyl groups is 1. The van der Waals surface area contributed by atoms with E-state index < -0.39 is 5.60 Å². The quantitative estimate of drug-likeness (QED) is 0.817. The largest absolute Gasteiger partial charge is 0.389 e. The molecular weight excluding hydrogens is 246 g/mol. The summed E-state index contributed by atoms with van der Waals surface area (Å²) in [5.41, 5.74) is 0.753. The van der Waals surface area contributed by atoms with Crippen LogP contribution in [0.3, 0.4) is 0 Å². The molecule has 3 atom stereocenters. The fourth-order valence-electron chi connectivity index (χ4n) is 3.67. The van der Waals surface area contributed by atoms with Crippen molar-refractivity contribution in [2.24, 2.45) is 5.92 Å². The lowest BCUT2D eigenvalue weighted by atomic mass is 9.67. The molecule has 0 aromatic heterocycles. The van der Waals surface area contributed by atoms with Gasteiger partial charge < -0.3 is 10.4 Å². The first-order chi connectivity index (χ1) is 8.69. The topological polar surface area (TPSA) is 32.3 Å². The maximum atomic E-state index is 10.8. The lowest BCUT2D eigenvalue weighted by Gasteiger charge is -2.48. The molecule has 18 heavy (non-hydrogen) atoms. The van der Waals surface area contributed by atoms with Crippen molar-refractivity contribution in [1.29, 1.82) is 0 Å². The standard InChI is InChI=1S/C15H20ClNO/c16-12-5-3-4-11(10-12)14-13-6-1-2-7-15(13,18)8-9-17-14/h3-5,10,13-14,17-18H,1-2,6-9H2. The number of piperidine rings is 1. The summed E-state index contributed by atoms with van der Waals surface area (Å²) in [5, 5.41) is 15.2. The summed E-state index contributed by atoms with van der Waals surface area (Å²) >= 11 is 6.08. The van der Waals surface area contributed by atoms with Crippen LogP contribution >= 0.6 is 11.6 Å². The van der Waals surface area contributed by atoms with E-state index in [1.54, 1.807) is 0 Å². The van der Waals surface area contributed by atoms with Crippen molar-refractivity contribution in [2.75, 3.05) is 6.54 Å². The summed E-state index contributed by atoms with van der Waals surface area (Å²) in [6.07, 6.45) is 5.34. The molecule has 3 unspecified atom stereocenters. The Bertz CT molecular complexity index is 432. The Morgan fingerprint density at radius 1 is 1.28 bits per heavy atom. The number of benzene rings is 1. The van der Waals surface area contributed by atoms with Crippen molar-refractivity contribution in [3.05, 3.63) is 34.9 Å². The summed E-state index contributed by atoms with van der Waals surface area (Å²) in [6.45, 7) is 0.893. The van der Waals surface area contributed by atoms with Crippen LogP contribution in [0.4, 0.5) is 0 Å². The second-order valence-corrected chi connectivity index (χ2v) is 6.13. The van der Waals surface area contributed by atoms with Gasteiger partial charge in [0.2, 0.25) is 0 Å². The van der Waals surface area contributed by atoms with Crippen LogP contribution in [-0.2, 0) is 0 Å². The molecule has 1 saturated heterocycles. The highest BCUT2D eigenvalue weighted by Gasteiger charge is 2.45. The zero-order valence-corrected chi connectivity index (χ0v) is 11.3. The van der Waals surface area contributed by atoms with Crippen molar-refractivity contribution in [1.82, 2.24) is 5.32 Å². The van der Waals surface area contributed by atoms with E-state index >= 15 is 0 Å². The fourth-order valence-corrected chi connectivity index (χ4v) is 3.87. The predicted molar refractivity (Wildman–Crippen MR) is 73.7 cm³/mol. The average molecular weight is 266 g/mol. The molecule has 2 N–H and O–H groups in total. The van der Waals surface area contributed by atoms with E-state index in [9.17, 15) is 5.11 Å². The Morgan fingerprint density at radius 2 is 2.17 bits per heavy atom. The van der Waals surface area contributed by atoms with Crippen molar-refractivity contribution in [2.45, 2.75) is 43.7 Å². The van der Waals surface area contributed by atoms with Crippen LogP contribution in [0.5, 0.6) is 0 Å². The van der Waals surface area contributed by atoms with Crippen molar-refractivity contribution >= 4 is 11.6 Å². The first-order valence-corrected chi connectivity index (χ1v) is 7.28. The highest BCUT2D eigenvalue weighted by Crippen LogP contribution is 2.45. The molecule has 2 fully saturated rings. The van der Waals surface area contributed by atoms with E-state index in [-0.39, 0.29) is 6.04 Å². The monoisotopic (exact) mass is 265 g/mol. The molecule has 0 radical (unpaired) electrons. The number of halogens is 1. The number of rotatable bonds is 1. The number of hydrogen-bond acceptors (Lipinski definition) is 2. The van der Waals surface area contributed by atoms with Gasteiger partial charge in [-0.25, -0.2) is 0 Å². The smallest absolute Gasteiger partial charge is 0.0706 e. The van der Waals surface area contributed by atoms with Gasteiger partial charge in [-0.15, -0.1) is 0 Å². The summed E-state index contributed by atoms with van der Waals surface area (Å²) in [4.78, 5) is 0. The van der Waals surface area contributed by atoms with E-state index in [1.807, 2.05) is 18.2 Å². The number of fused-ring (bicyclic) bond motifs is 1. The fraction of sp³-hybridized carbons (Fsp3) is 0.600. The Morgan fingerprint density at radius 3 is 3.00 bits per heavy atom. The average Bonchev–Trinajstić information content (AvgIpc) is 2.37. The summed E-state index contributed by atoms with van der Waals surface area (Å²) in [6, 6.07) is 8.29. The van der Waals surface area contributed by atoms with E-state index in [1.165, 1.54) is 12.0 Å². The van der Waals surface area contributed by atoms with Gasteiger partial charge in [0.25, 0.3) is 0 Å². The first kappa shape index (κ1) is 12.5. The normalized spacial score (nSPS) is 36.1. The minimum atomic E-state index is -0.462. The molecule has 1 aromatic rings. The maximum absolute atomic E-state index is 10.8. The molecule has 1 aliphatic heterocycles. The molecule has 0 spiro atoms. The second-order valence-electron chi connectivity index (χ2n) is 5.69. The van der Waals surface area contributed by atoms with Gasteiger partial charge in [0.1, 0.15) is 0 Å². The summed E-state index contributed by atoms with van der Waals surface area (Å²) in [7, 11) is 0. The third-order valence-corrected chi connectivity index (χ3v) is 4.83. The molecule has 1 aromatic carbocycles. The van der Waals surface area contributed by atoms with Crippen LogP contribution in [0.25, 0.3) is 0 Å². The molecular formula is C15H20ClNO. The maximum Gasteiger partial charge on any atom is 0.0706 e. The molecule has 1 aliphatic carbocycles. The van der Waals surface area contributed by atoms with E-state index in [4.69, 9.17) is 11.6 Å². The molecule has 0 bridgehead atoms. The molecule has 98 valence electrons. The predicted octanol–water partition coefficient (Wildman–Crippen LogP) is 3.30. The van der Waals surface area contributed by atoms with Gasteiger partial charge in [0.15, 0.2) is 0 Å². The highest BCUT2D eigenvalue weighted by molar-refractivity contribution is 6.30. The van der Waals surface area contributed by atoms with Crippen LogP contribution < -0.4 is 5.32 Å². The Labute approximate surface area is 113 Å². The van der Waals surface area contributed by atoms with E-state index in [2.05, 4.69) is 11.4 Å². The van der Waals surface area contributed by atoms with E-state index in [0.29, 0.717) is 5.92 Å². The minimum Gasteiger partial charge on any atom is -0.389 e. The molecule has 2 nitrogen and oxygen atoms in total. The van der Waals surface area contributed by atoms with Gasteiger partial charge in [-0.1, -0.05) is 36.6 Å². The Hall–Kier alpha value is -0.570. The molecule has 1 saturated carbocycles. The summed E-state index contributed by atoms with van der Waals surface area (Å²) in [5.74, 6) is 0.332. The zero-order valence-electron chi connectivity index (χ0n) is 10.5. The third kappa shape index (κ3) is 2.18. The lowest BCUT2D eigenvalue weighted by molar-refractivity contribution is -0.0861. The lowest BCUT2D eigenvalue weighted by Crippen LogP contribution is -2.53. The molecule has 3 rings (SSSR count). The Kier molecular flexibility index (Phi) is 3.35. The molecule has 3 heteroatoms.